The summed E-state index contributed by atoms with van der Waals surface area (Å²) in [4.78, 5) is 29.9. The second kappa shape index (κ2) is 7.17. The van der Waals surface area contributed by atoms with Crippen LogP contribution >= 0.6 is 0 Å². The van der Waals surface area contributed by atoms with Gasteiger partial charge in [-0.05, 0) is 42.8 Å². The minimum absolute atomic E-state index is 0.233. The van der Waals surface area contributed by atoms with Crippen molar-refractivity contribution in [2.75, 3.05) is 5.43 Å². The summed E-state index contributed by atoms with van der Waals surface area (Å²) in [5.41, 5.74) is 6.20. The molecule has 1 N–H and O–H groups in total. The van der Waals surface area contributed by atoms with Crippen molar-refractivity contribution in [2.45, 2.75) is 6.92 Å². The summed E-state index contributed by atoms with van der Waals surface area (Å²) < 4.78 is 15.8. The molecule has 5 aromatic rings. The normalized spacial score (nSPS) is 11.2. The zero-order chi connectivity index (χ0) is 21.5. The Hall–Kier alpha value is -4.33. The van der Waals surface area contributed by atoms with Gasteiger partial charge in [0.05, 0.1) is 16.6 Å². The van der Waals surface area contributed by atoms with Crippen LogP contribution in [0.1, 0.15) is 16.1 Å². The highest BCUT2D eigenvalue weighted by atomic mass is 19.1. The number of carbonyl (C=O) groups is 1. The number of benzene rings is 2. The predicted molar refractivity (Wildman–Crippen MR) is 115 cm³/mol. The summed E-state index contributed by atoms with van der Waals surface area (Å²) in [5, 5.41) is 4.89. The van der Waals surface area contributed by atoms with Crippen LogP contribution in [0.15, 0.2) is 77.9 Å². The first-order chi connectivity index (χ1) is 15.0. The largest absolute Gasteiger partial charge is 0.280 e. The van der Waals surface area contributed by atoms with Crippen LogP contribution in [0.5, 0.6) is 0 Å². The molecule has 1 amide bonds. The van der Waals surface area contributed by atoms with E-state index in [1.54, 1.807) is 10.6 Å². The molecule has 5 rings (SSSR count). The van der Waals surface area contributed by atoms with Gasteiger partial charge >= 0.3 is 0 Å². The summed E-state index contributed by atoms with van der Waals surface area (Å²) >= 11 is 0. The van der Waals surface area contributed by atoms with E-state index in [0.717, 1.165) is 21.5 Å². The maximum Gasteiger partial charge on any atom is 0.280 e. The Balaban J connectivity index is 1.59. The van der Waals surface area contributed by atoms with Gasteiger partial charge in [0.25, 0.3) is 11.5 Å². The third kappa shape index (κ3) is 3.14. The van der Waals surface area contributed by atoms with E-state index >= 15 is 0 Å². The fourth-order valence-electron chi connectivity index (χ4n) is 3.58. The Kier molecular flexibility index (Phi) is 4.32. The molecule has 0 spiro atoms. The van der Waals surface area contributed by atoms with E-state index in [1.807, 2.05) is 37.3 Å². The molecule has 0 unspecified atom stereocenters. The van der Waals surface area contributed by atoms with Crippen LogP contribution < -0.4 is 11.0 Å². The monoisotopic (exact) mass is 413 g/mol. The molecule has 3 heterocycles. The van der Waals surface area contributed by atoms with Gasteiger partial charge in [0.2, 0.25) is 0 Å². The lowest BCUT2D eigenvalue weighted by atomic mass is 10.1. The highest BCUT2D eigenvalue weighted by Gasteiger charge is 2.16. The maximum absolute atomic E-state index is 13.1. The molecule has 0 radical (unpaired) electrons. The average molecular weight is 413 g/mol. The first-order valence-corrected chi connectivity index (χ1v) is 9.55. The summed E-state index contributed by atoms with van der Waals surface area (Å²) in [6.45, 7) is 1.90. The lowest BCUT2D eigenvalue weighted by molar-refractivity contribution is 0.101. The van der Waals surface area contributed by atoms with Crippen LogP contribution in [0.3, 0.4) is 0 Å². The smallest absolute Gasteiger partial charge is 0.267 e. The molecule has 0 aliphatic heterocycles. The standard InChI is InChI=1S/C23H16FN5O2/c1-14-20(15-5-3-2-4-6-15)21-25-13-18-19(29(21)26-14)11-12-28(23(18)31)27-22(30)16-7-9-17(24)10-8-16/h2-13H,1H3,(H,27,30). The van der Waals surface area contributed by atoms with E-state index in [0.29, 0.717) is 16.6 Å². The molecule has 2 aromatic carbocycles. The molecule has 0 saturated carbocycles. The van der Waals surface area contributed by atoms with E-state index in [4.69, 9.17) is 0 Å². The number of amides is 1. The second-order valence-electron chi connectivity index (χ2n) is 7.06. The molecular formula is C23H16FN5O2. The van der Waals surface area contributed by atoms with Crippen molar-refractivity contribution in [2.24, 2.45) is 0 Å². The fraction of sp³-hybridized carbons (Fsp3) is 0.0435. The van der Waals surface area contributed by atoms with E-state index < -0.39 is 17.3 Å². The van der Waals surface area contributed by atoms with Crippen molar-refractivity contribution in [1.29, 1.82) is 0 Å². The number of nitrogens with one attached hydrogen (secondary N) is 1. The van der Waals surface area contributed by atoms with Crippen LogP contribution in [0.2, 0.25) is 0 Å². The van der Waals surface area contributed by atoms with Crippen LogP contribution in [-0.4, -0.2) is 25.2 Å². The summed E-state index contributed by atoms with van der Waals surface area (Å²) in [5.74, 6) is -0.976. The highest BCUT2D eigenvalue weighted by molar-refractivity contribution is 6.00. The molecule has 0 fully saturated rings. The van der Waals surface area contributed by atoms with E-state index in [2.05, 4.69) is 15.5 Å². The first kappa shape index (κ1) is 18.7. The van der Waals surface area contributed by atoms with Crippen molar-refractivity contribution in [3.8, 4) is 11.1 Å². The first-order valence-electron chi connectivity index (χ1n) is 9.55. The minimum atomic E-state index is -0.531. The van der Waals surface area contributed by atoms with Gasteiger partial charge < -0.3 is 0 Å². The Morgan fingerprint density at radius 1 is 1.03 bits per heavy atom. The number of aryl methyl sites for hydroxylation is 1. The number of aromatic nitrogens is 4. The van der Waals surface area contributed by atoms with E-state index in [1.165, 1.54) is 36.7 Å². The average Bonchev–Trinajstić information content (AvgIpc) is 3.12. The molecule has 0 saturated heterocycles. The number of hydrogen-bond acceptors (Lipinski definition) is 4. The molecule has 31 heavy (non-hydrogen) atoms. The number of rotatable bonds is 3. The van der Waals surface area contributed by atoms with Gasteiger partial charge in [0.1, 0.15) is 5.82 Å². The number of fused-ring (bicyclic) bond motifs is 3. The van der Waals surface area contributed by atoms with Crippen LogP contribution in [0.4, 0.5) is 4.39 Å². The van der Waals surface area contributed by atoms with E-state index in [9.17, 15) is 14.0 Å². The Bertz CT molecular complexity index is 1510. The van der Waals surface area contributed by atoms with E-state index in [-0.39, 0.29) is 5.56 Å². The summed E-state index contributed by atoms with van der Waals surface area (Å²) in [6.07, 6.45) is 2.95. The molecular weight excluding hydrogens is 397 g/mol. The topological polar surface area (TPSA) is 81.3 Å². The van der Waals surface area contributed by atoms with Crippen molar-refractivity contribution in [3.05, 3.63) is 100 Å². The predicted octanol–water partition coefficient (Wildman–Crippen LogP) is 3.54. The van der Waals surface area contributed by atoms with Gasteiger partial charge in [-0.2, -0.15) is 5.10 Å². The van der Waals surface area contributed by atoms with Crippen LogP contribution in [0.25, 0.3) is 27.7 Å². The van der Waals surface area contributed by atoms with Crippen LogP contribution in [-0.2, 0) is 0 Å². The van der Waals surface area contributed by atoms with Gasteiger partial charge in [-0.15, -0.1) is 0 Å². The molecule has 0 atom stereocenters. The lowest BCUT2D eigenvalue weighted by Crippen LogP contribution is -2.33. The molecule has 0 bridgehead atoms. The van der Waals surface area contributed by atoms with Crippen molar-refractivity contribution >= 4 is 22.5 Å². The third-order valence-electron chi connectivity index (χ3n) is 5.08. The van der Waals surface area contributed by atoms with Crippen molar-refractivity contribution in [1.82, 2.24) is 19.3 Å². The third-order valence-corrected chi connectivity index (χ3v) is 5.08. The highest BCUT2D eigenvalue weighted by Crippen LogP contribution is 2.28. The summed E-state index contributed by atoms with van der Waals surface area (Å²) in [6, 6.07) is 16.6. The molecule has 0 aliphatic rings. The minimum Gasteiger partial charge on any atom is -0.267 e. The van der Waals surface area contributed by atoms with Gasteiger partial charge in [0.15, 0.2) is 5.65 Å². The number of halogens is 1. The van der Waals surface area contributed by atoms with Gasteiger partial charge in [-0.1, -0.05) is 30.3 Å². The Morgan fingerprint density at radius 3 is 2.52 bits per heavy atom. The number of nitrogens with zero attached hydrogens (tertiary/aromatic N) is 4. The Morgan fingerprint density at radius 2 is 1.77 bits per heavy atom. The van der Waals surface area contributed by atoms with Crippen molar-refractivity contribution in [3.63, 3.8) is 0 Å². The van der Waals surface area contributed by atoms with Gasteiger partial charge in [0, 0.05) is 23.5 Å². The quantitative estimate of drug-likeness (QED) is 0.491. The number of pyridine rings is 1. The second-order valence-corrected chi connectivity index (χ2v) is 7.06. The van der Waals surface area contributed by atoms with Crippen molar-refractivity contribution < 1.29 is 9.18 Å². The maximum atomic E-state index is 13.1. The number of carbonyl (C=O) groups excluding carboxylic acids is 1. The molecule has 7 nitrogen and oxygen atoms in total. The van der Waals surface area contributed by atoms with Gasteiger partial charge in [-0.25, -0.2) is 18.6 Å². The lowest BCUT2D eigenvalue weighted by Gasteiger charge is -2.10. The Labute approximate surface area is 175 Å². The zero-order valence-electron chi connectivity index (χ0n) is 16.4. The zero-order valence-corrected chi connectivity index (χ0v) is 16.4. The number of hydrogen-bond donors (Lipinski definition) is 1. The molecule has 152 valence electrons. The molecule has 0 aliphatic carbocycles. The summed E-state index contributed by atoms with van der Waals surface area (Å²) in [7, 11) is 0. The SMILES string of the molecule is Cc1nn2c(ncc3c(=O)n(NC(=O)c4ccc(F)cc4)ccc32)c1-c1ccccc1. The molecule has 3 aromatic heterocycles. The van der Waals surface area contributed by atoms with Crippen LogP contribution in [0, 0.1) is 12.7 Å². The van der Waals surface area contributed by atoms with Gasteiger partial charge in [-0.3, -0.25) is 15.0 Å². The fourth-order valence-corrected chi connectivity index (χ4v) is 3.58. The molecule has 8 heteroatoms.